The van der Waals surface area contributed by atoms with Crippen molar-refractivity contribution in [2.75, 3.05) is 13.1 Å². The average Bonchev–Trinajstić information content (AvgIpc) is 3.16. The molecule has 1 aliphatic heterocycles. The Bertz CT molecular complexity index is 606. The molecule has 1 atom stereocenters. The first-order valence-electron chi connectivity index (χ1n) is 7.16. The van der Waals surface area contributed by atoms with Crippen molar-refractivity contribution in [3.63, 3.8) is 0 Å². The minimum atomic E-state index is -0.185. The third-order valence-electron chi connectivity index (χ3n) is 3.56. The highest BCUT2D eigenvalue weighted by atomic mass is 32.2. The Hall–Kier alpha value is -1.33. The van der Waals surface area contributed by atoms with Gasteiger partial charge in [-0.05, 0) is 25.3 Å². The maximum Gasteiger partial charge on any atom is 0.240 e. The number of hydrogen-bond acceptors (Lipinski definition) is 4. The fourth-order valence-electron chi connectivity index (χ4n) is 2.48. The molecule has 1 fully saturated rings. The molecule has 21 heavy (non-hydrogen) atoms. The van der Waals surface area contributed by atoms with Gasteiger partial charge in [0.2, 0.25) is 5.91 Å². The Balaban J connectivity index is 1.85. The molecule has 0 spiro atoms. The summed E-state index contributed by atoms with van der Waals surface area (Å²) in [6, 6.07) is 10.0. The summed E-state index contributed by atoms with van der Waals surface area (Å²) in [6.07, 6.45) is 2.24. The van der Waals surface area contributed by atoms with Crippen LogP contribution in [0.2, 0.25) is 0 Å². The second kappa shape index (κ2) is 6.62. The number of thioether (sulfide) groups is 1. The van der Waals surface area contributed by atoms with Crippen molar-refractivity contribution in [2.24, 2.45) is 0 Å². The van der Waals surface area contributed by atoms with Gasteiger partial charge in [0.1, 0.15) is 5.25 Å². The molecule has 1 aromatic heterocycles. The normalized spacial score (nSPS) is 16.1. The molecular formula is C16H18N2OS2. The van der Waals surface area contributed by atoms with Crippen molar-refractivity contribution >= 4 is 29.0 Å². The number of benzene rings is 1. The van der Waals surface area contributed by atoms with Gasteiger partial charge < -0.3 is 4.90 Å². The molecular weight excluding hydrogens is 300 g/mol. The Morgan fingerprint density at radius 1 is 1.29 bits per heavy atom. The second-order valence-electron chi connectivity index (χ2n) is 5.20. The molecule has 0 saturated carbocycles. The molecule has 110 valence electrons. The molecule has 1 aromatic carbocycles. The number of carbonyl (C=O) groups excluding carboxylic acids is 1. The predicted octanol–water partition coefficient (Wildman–Crippen LogP) is 3.91. The van der Waals surface area contributed by atoms with Gasteiger partial charge in [0.15, 0.2) is 4.34 Å². The lowest BCUT2D eigenvalue weighted by atomic mass is 10.1. The number of hydrogen-bond donors (Lipinski definition) is 0. The molecule has 1 unspecified atom stereocenters. The fraction of sp³-hybridized carbons (Fsp3) is 0.375. The van der Waals surface area contributed by atoms with E-state index in [2.05, 4.69) is 4.98 Å². The lowest BCUT2D eigenvalue weighted by Crippen LogP contribution is -2.31. The highest BCUT2D eigenvalue weighted by Crippen LogP contribution is 2.38. The molecule has 0 aliphatic carbocycles. The molecule has 3 nitrogen and oxygen atoms in total. The number of likely N-dealkylation sites (tertiary alicyclic amines) is 1. The van der Waals surface area contributed by atoms with Crippen LogP contribution in [0.1, 0.15) is 29.3 Å². The van der Waals surface area contributed by atoms with Gasteiger partial charge >= 0.3 is 0 Å². The van der Waals surface area contributed by atoms with Crippen LogP contribution < -0.4 is 0 Å². The number of carbonyl (C=O) groups is 1. The number of aromatic nitrogens is 1. The summed E-state index contributed by atoms with van der Waals surface area (Å²) in [6.45, 7) is 3.76. The summed E-state index contributed by atoms with van der Waals surface area (Å²) in [5.41, 5.74) is 2.08. The Labute approximate surface area is 133 Å². The molecule has 5 heteroatoms. The molecule has 1 amide bonds. The van der Waals surface area contributed by atoms with Crippen LogP contribution in [-0.2, 0) is 4.79 Å². The van der Waals surface area contributed by atoms with Crippen molar-refractivity contribution in [2.45, 2.75) is 29.4 Å². The van der Waals surface area contributed by atoms with Crippen molar-refractivity contribution in [3.8, 4) is 0 Å². The zero-order valence-electron chi connectivity index (χ0n) is 12.0. The zero-order chi connectivity index (χ0) is 14.7. The van der Waals surface area contributed by atoms with E-state index in [4.69, 9.17) is 0 Å². The average molecular weight is 318 g/mol. The van der Waals surface area contributed by atoms with Gasteiger partial charge in [-0.15, -0.1) is 11.3 Å². The molecule has 2 heterocycles. The number of thiazole rings is 1. The van der Waals surface area contributed by atoms with E-state index in [0.29, 0.717) is 0 Å². The van der Waals surface area contributed by atoms with Crippen LogP contribution in [0, 0.1) is 6.92 Å². The van der Waals surface area contributed by atoms with Gasteiger partial charge in [0.25, 0.3) is 0 Å². The van der Waals surface area contributed by atoms with E-state index in [9.17, 15) is 4.79 Å². The molecule has 0 N–H and O–H groups in total. The Kier molecular flexibility index (Phi) is 4.60. The third-order valence-corrected chi connectivity index (χ3v) is 5.89. The highest BCUT2D eigenvalue weighted by molar-refractivity contribution is 8.01. The molecule has 2 aromatic rings. The summed E-state index contributed by atoms with van der Waals surface area (Å²) >= 11 is 3.19. The summed E-state index contributed by atoms with van der Waals surface area (Å²) in [7, 11) is 0. The zero-order valence-corrected chi connectivity index (χ0v) is 13.6. The van der Waals surface area contributed by atoms with Gasteiger partial charge in [0, 0.05) is 24.2 Å². The lowest BCUT2D eigenvalue weighted by molar-refractivity contribution is -0.129. The van der Waals surface area contributed by atoms with Gasteiger partial charge in [-0.25, -0.2) is 4.98 Å². The van der Waals surface area contributed by atoms with Crippen LogP contribution in [0.5, 0.6) is 0 Å². The quantitative estimate of drug-likeness (QED) is 0.801. The van der Waals surface area contributed by atoms with Crippen molar-refractivity contribution in [1.29, 1.82) is 0 Å². The van der Waals surface area contributed by atoms with Crippen LogP contribution in [0.15, 0.2) is 40.1 Å². The third kappa shape index (κ3) is 3.47. The van der Waals surface area contributed by atoms with E-state index in [0.717, 1.165) is 41.5 Å². The topological polar surface area (TPSA) is 33.2 Å². The van der Waals surface area contributed by atoms with E-state index in [-0.39, 0.29) is 11.2 Å². The van der Waals surface area contributed by atoms with E-state index in [1.54, 1.807) is 23.1 Å². The maximum atomic E-state index is 12.8. The van der Waals surface area contributed by atoms with E-state index in [1.165, 1.54) is 0 Å². The van der Waals surface area contributed by atoms with Gasteiger partial charge in [0.05, 0.1) is 0 Å². The summed E-state index contributed by atoms with van der Waals surface area (Å²) in [4.78, 5) is 19.3. The highest BCUT2D eigenvalue weighted by Gasteiger charge is 2.29. The van der Waals surface area contributed by atoms with Crippen molar-refractivity contribution in [3.05, 3.63) is 47.0 Å². The number of rotatable bonds is 4. The van der Waals surface area contributed by atoms with Crippen molar-refractivity contribution in [1.82, 2.24) is 9.88 Å². The SMILES string of the molecule is Cc1csc(SC(C(=O)N2CCCC2)c2ccccc2)n1. The van der Waals surface area contributed by atoms with E-state index < -0.39 is 0 Å². The number of amides is 1. The monoisotopic (exact) mass is 318 g/mol. The van der Waals surface area contributed by atoms with Gasteiger partial charge in [-0.1, -0.05) is 42.1 Å². The first-order chi connectivity index (χ1) is 10.2. The Morgan fingerprint density at radius 3 is 2.62 bits per heavy atom. The molecule has 1 aliphatic rings. The van der Waals surface area contributed by atoms with E-state index >= 15 is 0 Å². The summed E-state index contributed by atoms with van der Waals surface area (Å²) in [5, 5.41) is 1.85. The van der Waals surface area contributed by atoms with Gasteiger partial charge in [-0.3, -0.25) is 4.79 Å². The maximum absolute atomic E-state index is 12.8. The van der Waals surface area contributed by atoms with Crippen molar-refractivity contribution < 1.29 is 4.79 Å². The van der Waals surface area contributed by atoms with E-state index in [1.807, 2.05) is 47.5 Å². The minimum Gasteiger partial charge on any atom is -0.341 e. The molecule has 3 rings (SSSR count). The van der Waals surface area contributed by atoms with Crippen LogP contribution >= 0.6 is 23.1 Å². The summed E-state index contributed by atoms with van der Waals surface area (Å²) in [5.74, 6) is 0.219. The molecule has 0 bridgehead atoms. The fourth-order valence-corrected chi connectivity index (χ4v) is 4.60. The van der Waals surface area contributed by atoms with Crippen LogP contribution in [-0.4, -0.2) is 28.9 Å². The number of aryl methyl sites for hydroxylation is 1. The summed E-state index contributed by atoms with van der Waals surface area (Å²) < 4.78 is 0.967. The second-order valence-corrected chi connectivity index (χ2v) is 7.41. The van der Waals surface area contributed by atoms with Crippen LogP contribution in [0.4, 0.5) is 0 Å². The molecule has 0 radical (unpaired) electrons. The molecule has 1 saturated heterocycles. The minimum absolute atomic E-state index is 0.185. The van der Waals surface area contributed by atoms with Crippen LogP contribution in [0.25, 0.3) is 0 Å². The Morgan fingerprint density at radius 2 is 2.00 bits per heavy atom. The first-order valence-corrected chi connectivity index (χ1v) is 8.92. The number of nitrogens with zero attached hydrogens (tertiary/aromatic N) is 2. The smallest absolute Gasteiger partial charge is 0.240 e. The largest absolute Gasteiger partial charge is 0.341 e. The standard InChI is InChI=1S/C16H18N2OS2/c1-12-11-20-16(17-12)21-14(13-7-3-2-4-8-13)15(19)18-9-5-6-10-18/h2-4,7-8,11,14H,5-6,9-10H2,1H3. The lowest BCUT2D eigenvalue weighted by Gasteiger charge is -2.22. The van der Waals surface area contributed by atoms with Gasteiger partial charge in [-0.2, -0.15) is 0 Å². The van der Waals surface area contributed by atoms with Crippen LogP contribution in [0.3, 0.4) is 0 Å². The predicted molar refractivity (Wildman–Crippen MR) is 87.7 cm³/mol. The first kappa shape index (κ1) is 14.6.